The monoisotopic (exact) mass is 602 g/mol. The van der Waals surface area contributed by atoms with Crippen molar-refractivity contribution in [1.29, 1.82) is 0 Å². The van der Waals surface area contributed by atoms with Gasteiger partial charge in [-0.25, -0.2) is 4.79 Å². The number of benzene rings is 3. The number of carbonyl (C=O) groups excluding carboxylic acids is 3. The zero-order valence-corrected chi connectivity index (χ0v) is 24.7. The maximum Gasteiger partial charge on any atom is 0.362 e. The summed E-state index contributed by atoms with van der Waals surface area (Å²) >= 11 is 0. The fourth-order valence-electron chi connectivity index (χ4n) is 4.07. The summed E-state index contributed by atoms with van der Waals surface area (Å²) in [5.74, 6) is -1.43. The summed E-state index contributed by atoms with van der Waals surface area (Å²) in [5.41, 5.74) is 17.7. The molecule has 0 aliphatic heterocycles. The van der Waals surface area contributed by atoms with E-state index in [1.807, 2.05) is 30.3 Å². The Bertz CT molecular complexity index is 1190. The smallest absolute Gasteiger partial charge is 0.335 e. The molecule has 0 saturated heterocycles. The van der Waals surface area contributed by atoms with Crippen molar-refractivity contribution in [2.24, 2.45) is 11.5 Å². The number of unbranched alkanes of at least 4 members (excludes halogenated alkanes) is 2. The third-order valence-corrected chi connectivity index (χ3v) is 6.36. The quantitative estimate of drug-likeness (QED) is 0.153. The minimum absolute atomic E-state index is 0. The molecule has 3 rings (SSSR count). The van der Waals surface area contributed by atoms with E-state index >= 15 is 0 Å². The predicted molar refractivity (Wildman–Crippen MR) is 167 cm³/mol. The van der Waals surface area contributed by atoms with Crippen LogP contribution in [0.25, 0.3) is 0 Å². The number of nitrogens with two attached hydrogens (primary N) is 2. The number of halogens is 2. The van der Waals surface area contributed by atoms with Crippen LogP contribution in [0.15, 0.2) is 78.9 Å². The zero-order valence-electron chi connectivity index (χ0n) is 23.1. The van der Waals surface area contributed by atoms with E-state index in [1.54, 1.807) is 12.1 Å². The first kappa shape index (κ1) is 35.6. The summed E-state index contributed by atoms with van der Waals surface area (Å²) in [7, 11) is 0. The van der Waals surface area contributed by atoms with Crippen molar-refractivity contribution < 1.29 is 19.2 Å². The van der Waals surface area contributed by atoms with Crippen LogP contribution in [0, 0.1) is 0 Å². The fraction of sp³-hybridized carbons (Fsp3) is 0.323. The SMILES string of the molecule is Cl.Cl.NCCCCC(N)C(=O)Nc1ccc(C(=O)ONC(=O)Cc2ccc(CCCCc3ccccc3)cc2)cc1. The van der Waals surface area contributed by atoms with Gasteiger partial charge >= 0.3 is 5.97 Å². The number of nitrogens with one attached hydrogen (secondary N) is 2. The number of aryl methyl sites for hydroxylation is 2. The molecule has 0 radical (unpaired) electrons. The number of rotatable bonds is 14. The largest absolute Gasteiger partial charge is 0.362 e. The average molecular weight is 604 g/mol. The summed E-state index contributed by atoms with van der Waals surface area (Å²) in [4.78, 5) is 41.7. The molecule has 41 heavy (non-hydrogen) atoms. The number of carbonyl (C=O) groups is 3. The highest BCUT2D eigenvalue weighted by Crippen LogP contribution is 2.13. The Balaban J connectivity index is 0.00000420. The van der Waals surface area contributed by atoms with Gasteiger partial charge in [-0.05, 0) is 86.0 Å². The Hall–Kier alpha value is -3.43. The van der Waals surface area contributed by atoms with E-state index in [1.165, 1.54) is 23.3 Å². The lowest BCUT2D eigenvalue weighted by Crippen LogP contribution is -2.35. The fourth-order valence-corrected chi connectivity index (χ4v) is 4.07. The summed E-state index contributed by atoms with van der Waals surface area (Å²) in [6.07, 6.45) is 6.52. The molecular weight excluding hydrogens is 563 g/mol. The van der Waals surface area contributed by atoms with Gasteiger partial charge in [0.25, 0.3) is 5.91 Å². The standard InChI is InChI=1S/C31H38N4O4.2ClH/c32-21-7-6-12-28(33)30(37)34-27-19-17-26(18-20-27)31(38)39-35-29(36)22-25-15-13-24(14-16-25)11-5-4-10-23-8-2-1-3-9-23;;/h1-3,8-9,13-20,28H,4-7,10-12,21-22,32-33H2,(H,34,37)(H,35,36);2*1H. The van der Waals surface area contributed by atoms with Crippen molar-refractivity contribution in [3.63, 3.8) is 0 Å². The van der Waals surface area contributed by atoms with Crippen LogP contribution in [0.2, 0.25) is 0 Å². The maximum absolute atomic E-state index is 12.3. The Labute approximate surface area is 254 Å². The van der Waals surface area contributed by atoms with E-state index in [2.05, 4.69) is 35.1 Å². The third-order valence-electron chi connectivity index (χ3n) is 6.36. The van der Waals surface area contributed by atoms with Gasteiger partial charge in [0.2, 0.25) is 5.91 Å². The molecule has 1 atom stereocenters. The van der Waals surface area contributed by atoms with Crippen LogP contribution in [0.5, 0.6) is 0 Å². The molecule has 8 nitrogen and oxygen atoms in total. The van der Waals surface area contributed by atoms with Crippen molar-refractivity contribution in [2.45, 2.75) is 57.4 Å². The molecule has 222 valence electrons. The van der Waals surface area contributed by atoms with Crippen LogP contribution < -0.4 is 22.3 Å². The van der Waals surface area contributed by atoms with Crippen LogP contribution in [0.1, 0.15) is 59.2 Å². The molecule has 3 aromatic rings. The van der Waals surface area contributed by atoms with Crippen molar-refractivity contribution >= 4 is 48.3 Å². The van der Waals surface area contributed by atoms with Gasteiger partial charge in [0, 0.05) is 5.69 Å². The molecule has 0 aromatic heterocycles. The lowest BCUT2D eigenvalue weighted by Gasteiger charge is -2.12. The van der Waals surface area contributed by atoms with Gasteiger partial charge < -0.3 is 21.6 Å². The van der Waals surface area contributed by atoms with E-state index in [4.69, 9.17) is 16.3 Å². The lowest BCUT2D eigenvalue weighted by atomic mass is 10.0. The van der Waals surface area contributed by atoms with Crippen molar-refractivity contribution in [3.05, 3.63) is 101 Å². The first-order valence-corrected chi connectivity index (χ1v) is 13.4. The molecule has 0 aliphatic carbocycles. The zero-order chi connectivity index (χ0) is 27.9. The average Bonchev–Trinajstić information content (AvgIpc) is 2.96. The van der Waals surface area contributed by atoms with E-state index in [0.29, 0.717) is 18.7 Å². The van der Waals surface area contributed by atoms with Crippen molar-refractivity contribution in [2.75, 3.05) is 11.9 Å². The molecule has 0 spiro atoms. The first-order chi connectivity index (χ1) is 18.9. The summed E-state index contributed by atoms with van der Waals surface area (Å²) in [5, 5.41) is 2.72. The maximum atomic E-state index is 12.3. The molecule has 2 amide bonds. The second kappa shape index (κ2) is 19.6. The highest BCUT2D eigenvalue weighted by atomic mass is 35.5. The highest BCUT2D eigenvalue weighted by molar-refractivity contribution is 5.96. The van der Waals surface area contributed by atoms with Gasteiger partial charge in [0.1, 0.15) is 0 Å². The van der Waals surface area contributed by atoms with Crippen LogP contribution in [0.4, 0.5) is 5.69 Å². The molecular formula is C31H40Cl2N4O4. The molecule has 3 aromatic carbocycles. The summed E-state index contributed by atoms with van der Waals surface area (Å²) < 4.78 is 0. The summed E-state index contributed by atoms with van der Waals surface area (Å²) in [6, 6.07) is 23.9. The Morgan fingerprint density at radius 3 is 1.93 bits per heavy atom. The second-order valence-electron chi connectivity index (χ2n) is 9.56. The third kappa shape index (κ3) is 13.2. The van der Waals surface area contributed by atoms with Crippen LogP contribution in [0.3, 0.4) is 0 Å². The number of amides is 2. The molecule has 0 saturated carbocycles. The highest BCUT2D eigenvalue weighted by Gasteiger charge is 2.14. The molecule has 10 heteroatoms. The minimum atomic E-state index is -0.703. The van der Waals surface area contributed by atoms with E-state index < -0.39 is 17.9 Å². The molecule has 1 unspecified atom stereocenters. The molecule has 0 bridgehead atoms. The lowest BCUT2D eigenvalue weighted by molar-refractivity contribution is -0.129. The first-order valence-electron chi connectivity index (χ1n) is 13.4. The van der Waals surface area contributed by atoms with Gasteiger partial charge in [0.05, 0.1) is 18.0 Å². The summed E-state index contributed by atoms with van der Waals surface area (Å²) in [6.45, 7) is 0.565. The van der Waals surface area contributed by atoms with E-state index in [9.17, 15) is 14.4 Å². The van der Waals surface area contributed by atoms with Crippen LogP contribution in [-0.2, 0) is 33.7 Å². The Morgan fingerprint density at radius 2 is 1.32 bits per heavy atom. The van der Waals surface area contributed by atoms with Crippen LogP contribution >= 0.6 is 24.8 Å². The normalized spacial score (nSPS) is 10.9. The van der Waals surface area contributed by atoms with Gasteiger partial charge in [0.15, 0.2) is 0 Å². The molecule has 0 aliphatic rings. The topological polar surface area (TPSA) is 137 Å². The van der Waals surface area contributed by atoms with E-state index in [-0.39, 0.29) is 42.7 Å². The minimum Gasteiger partial charge on any atom is -0.335 e. The molecule has 6 N–H and O–H groups in total. The second-order valence-corrected chi connectivity index (χ2v) is 9.56. The molecule has 0 fully saturated rings. The van der Waals surface area contributed by atoms with Crippen molar-refractivity contribution in [3.8, 4) is 0 Å². The van der Waals surface area contributed by atoms with Crippen molar-refractivity contribution in [1.82, 2.24) is 5.48 Å². The number of hydroxylamine groups is 1. The van der Waals surface area contributed by atoms with Gasteiger partial charge in [-0.1, -0.05) is 61.0 Å². The number of hydrogen-bond donors (Lipinski definition) is 4. The van der Waals surface area contributed by atoms with Crippen LogP contribution in [-0.4, -0.2) is 30.4 Å². The van der Waals surface area contributed by atoms with Gasteiger partial charge in [-0.2, -0.15) is 5.48 Å². The number of hydrogen-bond acceptors (Lipinski definition) is 6. The molecule has 0 heterocycles. The van der Waals surface area contributed by atoms with Gasteiger partial charge in [-0.15, -0.1) is 24.8 Å². The Morgan fingerprint density at radius 1 is 0.732 bits per heavy atom. The Kier molecular flexibility index (Phi) is 17.0. The van der Waals surface area contributed by atoms with E-state index in [0.717, 1.165) is 44.1 Å². The van der Waals surface area contributed by atoms with Gasteiger partial charge in [-0.3, -0.25) is 9.59 Å². The number of anilines is 1. The predicted octanol–water partition coefficient (Wildman–Crippen LogP) is 4.92.